The van der Waals surface area contributed by atoms with Gasteiger partial charge in [0.15, 0.2) is 23.1 Å². The summed E-state index contributed by atoms with van der Waals surface area (Å²) in [7, 11) is 0.782. The number of aromatic nitrogens is 4. The molecule has 0 radical (unpaired) electrons. The van der Waals surface area contributed by atoms with E-state index in [9.17, 15) is 13.2 Å². The van der Waals surface area contributed by atoms with Gasteiger partial charge >= 0.3 is 0 Å². The van der Waals surface area contributed by atoms with Gasteiger partial charge < -0.3 is 9.47 Å². The second-order valence-corrected chi connectivity index (χ2v) is 13.0. The molecule has 0 saturated carbocycles. The predicted octanol–water partition coefficient (Wildman–Crippen LogP) is 4.41. The highest BCUT2D eigenvalue weighted by Gasteiger charge is 2.26. The molecule has 3 heterocycles. The number of amides is 1. The van der Waals surface area contributed by atoms with Gasteiger partial charge in [-0.25, -0.2) is 33.4 Å². The number of sulfonamides is 1. The fraction of sp³-hybridized carbons (Fsp3) is 0.269. The summed E-state index contributed by atoms with van der Waals surface area (Å²) in [4.78, 5) is 30.9. The number of hydrazine groups is 1. The van der Waals surface area contributed by atoms with Crippen LogP contribution < -0.4 is 19.6 Å². The van der Waals surface area contributed by atoms with E-state index in [4.69, 9.17) is 9.47 Å². The van der Waals surface area contributed by atoms with E-state index in [-0.39, 0.29) is 50.0 Å². The van der Waals surface area contributed by atoms with Crippen molar-refractivity contribution >= 4 is 44.8 Å². The number of rotatable bonds is 12. The van der Waals surface area contributed by atoms with Crippen molar-refractivity contribution in [2.24, 2.45) is 0 Å². The monoisotopic (exact) mass is 615 g/mol. The van der Waals surface area contributed by atoms with E-state index in [0.29, 0.717) is 11.5 Å². The molecule has 2 N–H and O–H groups in total. The van der Waals surface area contributed by atoms with Crippen molar-refractivity contribution in [3.63, 3.8) is 0 Å². The summed E-state index contributed by atoms with van der Waals surface area (Å²) in [6.07, 6.45) is 3.04. The van der Waals surface area contributed by atoms with E-state index in [0.717, 1.165) is 16.6 Å². The first-order chi connectivity index (χ1) is 19.6. The van der Waals surface area contributed by atoms with E-state index in [1.807, 2.05) is 13.8 Å². The average molecular weight is 616 g/mol. The molecule has 0 aliphatic heterocycles. The molecule has 0 atom stereocenters. The summed E-state index contributed by atoms with van der Waals surface area (Å²) in [6, 6.07) is 11.8. The molecule has 0 unspecified atom stereocenters. The maximum atomic E-state index is 13.6. The number of carbonyl (C=O) groups excluding carboxylic acids is 1. The van der Waals surface area contributed by atoms with Crippen LogP contribution in [0.4, 0.5) is 5.82 Å². The number of hydrogen-bond donors (Lipinski definition) is 2. The van der Waals surface area contributed by atoms with Crippen LogP contribution >= 0.6 is 23.1 Å². The molecule has 15 heteroatoms. The zero-order valence-electron chi connectivity index (χ0n) is 23.0. The summed E-state index contributed by atoms with van der Waals surface area (Å²) in [6.45, 7) is 3.97. The van der Waals surface area contributed by atoms with Crippen LogP contribution in [0.15, 0.2) is 64.1 Å². The van der Waals surface area contributed by atoms with Crippen molar-refractivity contribution in [2.75, 3.05) is 31.7 Å². The number of thiophene rings is 1. The summed E-state index contributed by atoms with van der Waals surface area (Å²) >= 11 is 2.20. The normalized spacial score (nSPS) is 11.5. The summed E-state index contributed by atoms with van der Waals surface area (Å²) in [5.41, 5.74) is 2.67. The van der Waals surface area contributed by atoms with Crippen molar-refractivity contribution in [3.05, 3.63) is 59.7 Å². The standard InChI is InChI=1S/C26H29N7O5S3/c1-16(2)19-11-12-21(40-19)41(35,36)32-23-22(38-18-10-7-6-9-17(18)37-5)26(39-15-20(34)31-33(3)4)30-25(29-23)24-27-13-8-14-28-24/h6-14,16H,15H2,1-5H3,(H,31,34)(H,29,30,32). The Balaban J connectivity index is 1.86. The third-order valence-corrected chi connectivity index (χ3v) is 9.41. The van der Waals surface area contributed by atoms with Crippen LogP contribution in [0.2, 0.25) is 0 Å². The molecule has 0 aliphatic rings. The second-order valence-electron chi connectivity index (χ2n) is 8.99. The van der Waals surface area contributed by atoms with Gasteiger partial charge in [0.25, 0.3) is 10.0 Å². The average Bonchev–Trinajstić information content (AvgIpc) is 3.45. The largest absolute Gasteiger partial charge is 0.493 e. The Labute approximate surface area is 246 Å². The Morgan fingerprint density at radius 1 is 1.02 bits per heavy atom. The maximum Gasteiger partial charge on any atom is 0.272 e. The lowest BCUT2D eigenvalue weighted by Crippen LogP contribution is -2.37. The topological polar surface area (TPSA) is 149 Å². The summed E-state index contributed by atoms with van der Waals surface area (Å²) in [5, 5.41) is 1.71. The molecule has 3 aromatic heterocycles. The predicted molar refractivity (Wildman–Crippen MR) is 158 cm³/mol. The van der Waals surface area contributed by atoms with Gasteiger partial charge in [-0.2, -0.15) is 0 Å². The number of hydrogen-bond acceptors (Lipinski definition) is 12. The van der Waals surface area contributed by atoms with Crippen molar-refractivity contribution in [2.45, 2.75) is 29.0 Å². The van der Waals surface area contributed by atoms with Crippen molar-refractivity contribution in [1.82, 2.24) is 30.4 Å². The van der Waals surface area contributed by atoms with Crippen LogP contribution in [-0.4, -0.2) is 66.2 Å². The molecule has 0 bridgehead atoms. The number of thioether (sulfide) groups is 1. The van der Waals surface area contributed by atoms with Crippen molar-refractivity contribution in [3.8, 4) is 28.9 Å². The van der Waals surface area contributed by atoms with Crippen molar-refractivity contribution in [1.29, 1.82) is 0 Å². The van der Waals surface area contributed by atoms with Crippen LogP contribution in [0.5, 0.6) is 17.2 Å². The first kappa shape index (κ1) is 30.2. The second kappa shape index (κ2) is 13.2. The van der Waals surface area contributed by atoms with Crippen LogP contribution in [0, 0.1) is 0 Å². The number of carbonyl (C=O) groups is 1. The van der Waals surface area contributed by atoms with Crippen molar-refractivity contribution < 1.29 is 22.7 Å². The van der Waals surface area contributed by atoms with E-state index in [2.05, 4.69) is 30.1 Å². The molecule has 216 valence electrons. The number of nitrogens with zero attached hydrogens (tertiary/aromatic N) is 5. The Bertz CT molecular complexity index is 1610. The van der Waals surface area contributed by atoms with Crippen LogP contribution in [-0.2, 0) is 14.8 Å². The maximum absolute atomic E-state index is 13.6. The molecule has 0 saturated heterocycles. The third kappa shape index (κ3) is 7.70. The molecule has 1 aromatic carbocycles. The zero-order valence-corrected chi connectivity index (χ0v) is 25.4. The van der Waals surface area contributed by atoms with Gasteiger partial charge in [0.2, 0.25) is 17.5 Å². The number of para-hydroxylation sites is 2. The zero-order chi connectivity index (χ0) is 29.6. The van der Waals surface area contributed by atoms with Crippen LogP contribution in [0.25, 0.3) is 11.6 Å². The molecular weight excluding hydrogens is 587 g/mol. The Morgan fingerprint density at radius 2 is 1.73 bits per heavy atom. The molecule has 4 rings (SSSR count). The number of nitrogens with one attached hydrogen (secondary N) is 2. The Hall–Kier alpha value is -3.79. The first-order valence-electron chi connectivity index (χ1n) is 12.3. The van der Waals surface area contributed by atoms with Crippen LogP contribution in [0.1, 0.15) is 24.6 Å². The SMILES string of the molecule is COc1ccccc1Oc1c(NS(=O)(=O)c2ccc(C(C)C)s2)nc(-c2ncccn2)nc1SCC(=O)NN(C)C. The lowest BCUT2D eigenvalue weighted by atomic mass is 10.2. The fourth-order valence-corrected chi connectivity index (χ4v) is 6.48. The molecule has 4 aromatic rings. The van der Waals surface area contributed by atoms with E-state index in [1.54, 1.807) is 56.6 Å². The fourth-order valence-electron chi connectivity index (χ4n) is 3.40. The number of ether oxygens (including phenoxy) is 2. The Morgan fingerprint density at radius 3 is 2.37 bits per heavy atom. The molecule has 0 fully saturated rings. The van der Waals surface area contributed by atoms with Gasteiger partial charge in [-0.3, -0.25) is 14.9 Å². The lowest BCUT2D eigenvalue weighted by molar-refractivity contribution is -0.122. The quantitative estimate of drug-likeness (QED) is 0.133. The smallest absolute Gasteiger partial charge is 0.272 e. The van der Waals surface area contributed by atoms with Gasteiger partial charge in [-0.15, -0.1) is 11.3 Å². The minimum atomic E-state index is -4.09. The minimum Gasteiger partial charge on any atom is -0.493 e. The molecule has 0 spiro atoms. The molecular formula is C26H29N7O5S3. The highest BCUT2D eigenvalue weighted by atomic mass is 32.2. The van der Waals surface area contributed by atoms with Gasteiger partial charge in [-0.1, -0.05) is 37.7 Å². The van der Waals surface area contributed by atoms with Crippen LogP contribution in [0.3, 0.4) is 0 Å². The highest BCUT2D eigenvalue weighted by Crippen LogP contribution is 2.42. The Kier molecular flexibility index (Phi) is 9.75. The van der Waals surface area contributed by atoms with E-state index < -0.39 is 10.0 Å². The first-order valence-corrected chi connectivity index (χ1v) is 15.6. The highest BCUT2D eigenvalue weighted by molar-refractivity contribution is 8.00. The van der Waals surface area contributed by atoms with E-state index >= 15 is 0 Å². The number of anilines is 1. The summed E-state index contributed by atoms with van der Waals surface area (Å²) in [5.74, 6) is 0.533. The molecule has 1 amide bonds. The van der Waals surface area contributed by atoms with E-state index in [1.165, 1.54) is 35.8 Å². The lowest BCUT2D eigenvalue weighted by Gasteiger charge is -2.18. The van der Waals surface area contributed by atoms with Gasteiger partial charge in [0.1, 0.15) is 9.24 Å². The third-order valence-electron chi connectivity index (χ3n) is 5.24. The molecule has 12 nitrogen and oxygen atoms in total. The van der Waals surface area contributed by atoms with Gasteiger partial charge in [0, 0.05) is 31.4 Å². The molecule has 41 heavy (non-hydrogen) atoms. The van der Waals surface area contributed by atoms with Gasteiger partial charge in [-0.05, 0) is 36.2 Å². The molecule has 0 aliphatic carbocycles. The number of methoxy groups -OCH3 is 1. The summed E-state index contributed by atoms with van der Waals surface area (Å²) < 4.78 is 41.5. The number of benzene rings is 1. The van der Waals surface area contributed by atoms with Gasteiger partial charge in [0.05, 0.1) is 12.9 Å². The minimum absolute atomic E-state index is 0.0129.